The van der Waals surface area contributed by atoms with Crippen molar-refractivity contribution in [2.75, 3.05) is 13.2 Å². The minimum Gasteiger partial charge on any atom is -0.456 e. The number of hydrogen-bond acceptors (Lipinski definition) is 4. The molecule has 114 valence electrons. The molecule has 0 spiro atoms. The molecule has 0 fully saturated rings. The summed E-state index contributed by atoms with van der Waals surface area (Å²) in [4.78, 5) is 34.6. The van der Waals surface area contributed by atoms with Crippen LogP contribution in [0.2, 0.25) is 0 Å². The van der Waals surface area contributed by atoms with Gasteiger partial charge in [0.1, 0.15) is 12.4 Å². The molecule has 0 aliphatic rings. The van der Waals surface area contributed by atoms with Gasteiger partial charge in [0.15, 0.2) is 12.4 Å². The van der Waals surface area contributed by atoms with E-state index >= 15 is 0 Å². The number of esters is 1. The lowest BCUT2D eigenvalue weighted by molar-refractivity contribution is -0.149. The van der Waals surface area contributed by atoms with E-state index in [1.54, 1.807) is 20.8 Å². The van der Waals surface area contributed by atoms with Crippen LogP contribution >= 0.6 is 0 Å². The lowest BCUT2D eigenvalue weighted by Crippen LogP contribution is -2.33. The number of ketones is 1. The second-order valence-electron chi connectivity index (χ2n) is 5.53. The first-order valence-electron chi connectivity index (χ1n) is 6.43. The second kappa shape index (κ2) is 6.97. The molecular weight excluding hydrogens is 277 g/mol. The number of hydrogen-bond donors (Lipinski definition) is 1. The normalized spacial score (nSPS) is 10.9. The summed E-state index contributed by atoms with van der Waals surface area (Å²) in [6.45, 7) is 4.43. The molecule has 0 bridgehead atoms. The van der Waals surface area contributed by atoms with Crippen molar-refractivity contribution in [3.05, 3.63) is 35.6 Å². The summed E-state index contributed by atoms with van der Waals surface area (Å²) in [6.07, 6.45) is 0. The Morgan fingerprint density at radius 3 is 2.48 bits per heavy atom. The van der Waals surface area contributed by atoms with E-state index in [9.17, 15) is 18.8 Å². The fraction of sp³-hybridized carbons (Fsp3) is 0.400. The van der Waals surface area contributed by atoms with Gasteiger partial charge in [-0.1, -0.05) is 26.8 Å². The Labute approximate surface area is 122 Å². The molecule has 21 heavy (non-hydrogen) atoms. The minimum atomic E-state index is -0.725. The van der Waals surface area contributed by atoms with E-state index in [0.29, 0.717) is 0 Å². The van der Waals surface area contributed by atoms with Crippen LogP contribution in [-0.2, 0) is 14.3 Å². The summed E-state index contributed by atoms with van der Waals surface area (Å²) in [5.41, 5.74) is -0.487. The smallest absolute Gasteiger partial charge is 0.325 e. The van der Waals surface area contributed by atoms with Crippen LogP contribution in [0.3, 0.4) is 0 Å². The van der Waals surface area contributed by atoms with Gasteiger partial charge in [-0.2, -0.15) is 0 Å². The topological polar surface area (TPSA) is 72.5 Å². The summed E-state index contributed by atoms with van der Waals surface area (Å²) in [6, 6.07) is 5.09. The molecule has 6 heteroatoms. The minimum absolute atomic E-state index is 0.105. The van der Waals surface area contributed by atoms with Gasteiger partial charge >= 0.3 is 5.97 Å². The number of rotatable bonds is 5. The van der Waals surface area contributed by atoms with Gasteiger partial charge in [-0.15, -0.1) is 0 Å². The molecule has 1 N–H and O–H groups in total. The molecule has 0 atom stereocenters. The van der Waals surface area contributed by atoms with Crippen molar-refractivity contribution in [1.29, 1.82) is 0 Å². The number of benzene rings is 1. The van der Waals surface area contributed by atoms with Crippen LogP contribution in [0.4, 0.5) is 4.39 Å². The number of carbonyl (C=O) groups excluding carboxylic acids is 3. The highest BCUT2D eigenvalue weighted by Gasteiger charge is 2.22. The predicted octanol–water partition coefficient (Wildman–Crippen LogP) is 1.71. The largest absolute Gasteiger partial charge is 0.456 e. The first kappa shape index (κ1) is 16.8. The van der Waals surface area contributed by atoms with Crippen molar-refractivity contribution < 1.29 is 23.5 Å². The summed E-state index contributed by atoms with van der Waals surface area (Å²) in [5, 5.41) is 2.30. The van der Waals surface area contributed by atoms with Gasteiger partial charge in [0.2, 0.25) is 0 Å². The number of halogens is 1. The molecule has 1 aromatic carbocycles. The maximum absolute atomic E-state index is 12.9. The molecule has 0 aliphatic carbocycles. The summed E-state index contributed by atoms with van der Waals surface area (Å²) in [7, 11) is 0. The third kappa shape index (κ3) is 5.72. The molecule has 1 amide bonds. The summed E-state index contributed by atoms with van der Waals surface area (Å²) in [5.74, 6) is -2.07. The Balaban J connectivity index is 2.40. The van der Waals surface area contributed by atoms with Crippen LogP contribution in [-0.4, -0.2) is 30.8 Å². The van der Waals surface area contributed by atoms with Gasteiger partial charge in [-0.25, -0.2) is 4.39 Å². The molecule has 0 aliphatic heterocycles. The third-order valence-corrected chi connectivity index (χ3v) is 2.68. The first-order valence-corrected chi connectivity index (χ1v) is 6.43. The number of ether oxygens (including phenoxy) is 1. The average molecular weight is 295 g/mol. The van der Waals surface area contributed by atoms with Crippen molar-refractivity contribution in [2.45, 2.75) is 20.8 Å². The summed E-state index contributed by atoms with van der Waals surface area (Å²) >= 11 is 0. The van der Waals surface area contributed by atoms with E-state index in [1.165, 1.54) is 18.2 Å². The van der Waals surface area contributed by atoms with Crippen LogP contribution < -0.4 is 5.32 Å². The molecular formula is C15H18FNO4. The van der Waals surface area contributed by atoms with Gasteiger partial charge in [-0.05, 0) is 18.2 Å². The van der Waals surface area contributed by atoms with E-state index in [2.05, 4.69) is 5.32 Å². The second-order valence-corrected chi connectivity index (χ2v) is 5.53. The molecule has 0 unspecified atom stereocenters. The maximum atomic E-state index is 12.9. The third-order valence-electron chi connectivity index (χ3n) is 2.68. The molecule has 1 rings (SSSR count). The lowest BCUT2D eigenvalue weighted by atomic mass is 9.91. The van der Waals surface area contributed by atoms with E-state index in [1.807, 2.05) is 0 Å². The standard InChI is InChI=1S/C15H18FNO4/c1-15(2,3)12(18)9-21-13(19)8-17-14(20)10-5-4-6-11(16)7-10/h4-7H,8-9H2,1-3H3,(H,17,20). The molecule has 1 aromatic rings. The van der Waals surface area contributed by atoms with Crippen molar-refractivity contribution in [3.8, 4) is 0 Å². The Morgan fingerprint density at radius 2 is 1.90 bits per heavy atom. The number of Topliss-reactive ketones (excluding diaryl/α,β-unsaturated/α-hetero) is 1. The highest BCUT2D eigenvalue weighted by Crippen LogP contribution is 2.14. The predicted molar refractivity (Wildman–Crippen MR) is 74.2 cm³/mol. The van der Waals surface area contributed by atoms with Gasteiger partial charge in [0.05, 0.1) is 0 Å². The maximum Gasteiger partial charge on any atom is 0.325 e. The lowest BCUT2D eigenvalue weighted by Gasteiger charge is -2.16. The molecule has 0 aromatic heterocycles. The SMILES string of the molecule is CC(C)(C)C(=O)COC(=O)CNC(=O)c1cccc(F)c1. The van der Waals surface area contributed by atoms with E-state index < -0.39 is 23.1 Å². The fourth-order valence-electron chi connectivity index (χ4n) is 1.30. The zero-order chi connectivity index (χ0) is 16.0. The number of nitrogens with one attached hydrogen (secondary N) is 1. The molecule has 0 saturated carbocycles. The van der Waals surface area contributed by atoms with Crippen LogP contribution in [0.1, 0.15) is 31.1 Å². The number of amides is 1. The van der Waals surface area contributed by atoms with Crippen molar-refractivity contribution in [3.63, 3.8) is 0 Å². The van der Waals surface area contributed by atoms with Gasteiger partial charge in [0.25, 0.3) is 5.91 Å². The van der Waals surface area contributed by atoms with Gasteiger partial charge in [-0.3, -0.25) is 14.4 Å². The highest BCUT2D eigenvalue weighted by atomic mass is 19.1. The molecule has 0 heterocycles. The van der Waals surface area contributed by atoms with Crippen molar-refractivity contribution in [2.24, 2.45) is 5.41 Å². The Hall–Kier alpha value is -2.24. The molecule has 0 saturated heterocycles. The van der Waals surface area contributed by atoms with Gasteiger partial charge in [0, 0.05) is 11.0 Å². The number of carbonyl (C=O) groups is 3. The quantitative estimate of drug-likeness (QED) is 0.839. The van der Waals surface area contributed by atoms with Gasteiger partial charge < -0.3 is 10.1 Å². The first-order chi connectivity index (χ1) is 9.70. The van der Waals surface area contributed by atoms with Crippen molar-refractivity contribution >= 4 is 17.7 Å². The van der Waals surface area contributed by atoms with E-state index in [0.717, 1.165) is 6.07 Å². The monoisotopic (exact) mass is 295 g/mol. The highest BCUT2D eigenvalue weighted by molar-refractivity contribution is 5.96. The van der Waals surface area contributed by atoms with Crippen molar-refractivity contribution in [1.82, 2.24) is 5.32 Å². The van der Waals surface area contributed by atoms with Crippen LogP contribution in [0, 0.1) is 11.2 Å². The Bertz CT molecular complexity index is 549. The Kier molecular flexibility index (Phi) is 5.58. The average Bonchev–Trinajstić information content (AvgIpc) is 2.40. The molecule has 0 radical (unpaired) electrons. The van der Waals surface area contributed by atoms with E-state index in [-0.39, 0.29) is 24.5 Å². The zero-order valence-electron chi connectivity index (χ0n) is 12.2. The van der Waals surface area contributed by atoms with Crippen LogP contribution in [0.15, 0.2) is 24.3 Å². The summed E-state index contributed by atoms with van der Waals surface area (Å²) < 4.78 is 17.7. The van der Waals surface area contributed by atoms with E-state index in [4.69, 9.17) is 4.74 Å². The molecule has 5 nitrogen and oxygen atoms in total. The van der Waals surface area contributed by atoms with Crippen LogP contribution in [0.25, 0.3) is 0 Å². The van der Waals surface area contributed by atoms with Crippen LogP contribution in [0.5, 0.6) is 0 Å². The Morgan fingerprint density at radius 1 is 1.24 bits per heavy atom. The zero-order valence-corrected chi connectivity index (χ0v) is 12.2. The fourth-order valence-corrected chi connectivity index (χ4v) is 1.30.